The first kappa shape index (κ1) is 17.7. The van der Waals surface area contributed by atoms with Gasteiger partial charge in [-0.05, 0) is 56.6 Å². The highest BCUT2D eigenvalue weighted by Gasteiger charge is 2.28. The van der Waals surface area contributed by atoms with E-state index in [1.807, 2.05) is 48.2 Å². The maximum Gasteiger partial charge on any atom is 0.253 e. The second kappa shape index (κ2) is 7.04. The lowest BCUT2D eigenvalue weighted by atomic mass is 9.90. The Bertz CT molecular complexity index is 731. The summed E-state index contributed by atoms with van der Waals surface area (Å²) < 4.78 is 5.65. The van der Waals surface area contributed by atoms with Crippen LogP contribution in [0.15, 0.2) is 40.8 Å². The molecule has 1 fully saturated rings. The molecule has 4 heteroatoms. The summed E-state index contributed by atoms with van der Waals surface area (Å²) in [6, 6.07) is 11.7. The van der Waals surface area contributed by atoms with Gasteiger partial charge >= 0.3 is 0 Å². The second-order valence-corrected chi connectivity index (χ2v) is 7.97. The Kier molecular flexibility index (Phi) is 5.00. The standard InChI is InChI=1S/C21H28N2O2/c1-16-6-11-19(25-16)17-7-9-18(10-8-17)20(24)23-13-5-12-22(4)14-21(2,3)15-23/h6-11H,5,12-15H2,1-4H3. The Hall–Kier alpha value is -2.07. The average Bonchev–Trinajstić information content (AvgIpc) is 2.98. The van der Waals surface area contributed by atoms with Crippen LogP contribution < -0.4 is 0 Å². The minimum absolute atomic E-state index is 0.0937. The van der Waals surface area contributed by atoms with Crippen LogP contribution >= 0.6 is 0 Å². The summed E-state index contributed by atoms with van der Waals surface area (Å²) in [5.74, 6) is 1.86. The van der Waals surface area contributed by atoms with Crippen molar-refractivity contribution in [2.75, 3.05) is 33.2 Å². The van der Waals surface area contributed by atoms with E-state index in [9.17, 15) is 4.79 Å². The molecule has 3 rings (SSSR count). The molecular weight excluding hydrogens is 312 g/mol. The Morgan fingerprint density at radius 1 is 1.04 bits per heavy atom. The molecule has 1 aromatic heterocycles. The number of hydrogen-bond acceptors (Lipinski definition) is 3. The number of furan rings is 1. The van der Waals surface area contributed by atoms with Gasteiger partial charge in [-0.15, -0.1) is 0 Å². The van der Waals surface area contributed by atoms with E-state index in [0.717, 1.165) is 55.2 Å². The van der Waals surface area contributed by atoms with Crippen LogP contribution in [0.5, 0.6) is 0 Å². The monoisotopic (exact) mass is 340 g/mol. The first-order chi connectivity index (χ1) is 11.8. The van der Waals surface area contributed by atoms with Crippen molar-refractivity contribution in [3.63, 3.8) is 0 Å². The highest BCUT2D eigenvalue weighted by molar-refractivity contribution is 5.94. The van der Waals surface area contributed by atoms with Crippen molar-refractivity contribution in [1.29, 1.82) is 0 Å². The van der Waals surface area contributed by atoms with Gasteiger partial charge in [-0.3, -0.25) is 4.79 Å². The van der Waals surface area contributed by atoms with E-state index in [1.54, 1.807) is 0 Å². The lowest BCUT2D eigenvalue weighted by molar-refractivity contribution is 0.0583. The summed E-state index contributed by atoms with van der Waals surface area (Å²) >= 11 is 0. The molecule has 0 saturated carbocycles. The van der Waals surface area contributed by atoms with Crippen LogP contribution in [0.4, 0.5) is 0 Å². The SMILES string of the molecule is Cc1ccc(-c2ccc(C(=O)N3CCCN(C)CC(C)(C)C3)cc2)o1. The number of carbonyl (C=O) groups excluding carboxylic acids is 1. The van der Waals surface area contributed by atoms with Crippen molar-refractivity contribution in [2.45, 2.75) is 27.2 Å². The number of rotatable bonds is 2. The fourth-order valence-electron chi connectivity index (χ4n) is 3.71. The predicted octanol–water partition coefficient (Wildman–Crippen LogP) is 4.06. The Morgan fingerprint density at radius 3 is 2.40 bits per heavy atom. The van der Waals surface area contributed by atoms with E-state index < -0.39 is 0 Å². The van der Waals surface area contributed by atoms with Crippen LogP contribution in [0.3, 0.4) is 0 Å². The van der Waals surface area contributed by atoms with Gasteiger partial charge in [0, 0.05) is 30.8 Å². The van der Waals surface area contributed by atoms with Gasteiger partial charge in [0.25, 0.3) is 5.91 Å². The summed E-state index contributed by atoms with van der Waals surface area (Å²) in [4.78, 5) is 17.4. The lowest BCUT2D eigenvalue weighted by Crippen LogP contribution is -2.47. The molecule has 134 valence electrons. The molecule has 2 aromatic rings. The lowest BCUT2D eigenvalue weighted by Gasteiger charge is -2.38. The average molecular weight is 340 g/mol. The maximum absolute atomic E-state index is 13.0. The highest BCUT2D eigenvalue weighted by atomic mass is 16.3. The van der Waals surface area contributed by atoms with E-state index in [2.05, 4.69) is 25.8 Å². The van der Waals surface area contributed by atoms with Gasteiger partial charge in [-0.1, -0.05) is 26.0 Å². The third-order valence-electron chi connectivity index (χ3n) is 4.73. The first-order valence-electron chi connectivity index (χ1n) is 8.99. The zero-order valence-electron chi connectivity index (χ0n) is 15.7. The van der Waals surface area contributed by atoms with Gasteiger partial charge in [-0.25, -0.2) is 0 Å². The molecule has 1 aliphatic rings. The van der Waals surface area contributed by atoms with Gasteiger partial charge in [0.15, 0.2) is 0 Å². The van der Waals surface area contributed by atoms with Crippen molar-refractivity contribution in [2.24, 2.45) is 5.41 Å². The largest absolute Gasteiger partial charge is 0.461 e. The Labute approximate surface area is 150 Å². The van der Waals surface area contributed by atoms with Crippen LogP contribution in [0.25, 0.3) is 11.3 Å². The normalized spacial score (nSPS) is 18.6. The van der Waals surface area contributed by atoms with Crippen LogP contribution in [0, 0.1) is 12.3 Å². The number of benzene rings is 1. The van der Waals surface area contributed by atoms with Crippen LogP contribution in [0.1, 0.15) is 36.4 Å². The van der Waals surface area contributed by atoms with Crippen LogP contribution in [-0.4, -0.2) is 48.9 Å². The molecule has 2 heterocycles. The van der Waals surface area contributed by atoms with Crippen molar-refractivity contribution in [1.82, 2.24) is 9.80 Å². The summed E-state index contributed by atoms with van der Waals surface area (Å²) in [6.07, 6.45) is 1.02. The third kappa shape index (κ3) is 4.31. The summed E-state index contributed by atoms with van der Waals surface area (Å²) in [5, 5.41) is 0. The van der Waals surface area contributed by atoms with E-state index in [-0.39, 0.29) is 11.3 Å². The molecule has 0 unspecified atom stereocenters. The Balaban J connectivity index is 1.75. The van der Waals surface area contributed by atoms with E-state index in [4.69, 9.17) is 4.42 Å². The summed E-state index contributed by atoms with van der Waals surface area (Å²) in [6.45, 7) is 10.0. The molecule has 0 radical (unpaired) electrons. The zero-order chi connectivity index (χ0) is 18.0. The fourth-order valence-corrected chi connectivity index (χ4v) is 3.71. The zero-order valence-corrected chi connectivity index (χ0v) is 15.7. The van der Waals surface area contributed by atoms with Gasteiger partial charge in [0.2, 0.25) is 0 Å². The van der Waals surface area contributed by atoms with E-state index in [0.29, 0.717) is 0 Å². The molecule has 0 N–H and O–H groups in total. The van der Waals surface area contributed by atoms with Crippen LogP contribution in [0.2, 0.25) is 0 Å². The van der Waals surface area contributed by atoms with Crippen molar-refractivity contribution in [3.05, 3.63) is 47.7 Å². The fraction of sp³-hybridized carbons (Fsp3) is 0.476. The number of aryl methyl sites for hydroxylation is 1. The molecule has 1 amide bonds. The van der Waals surface area contributed by atoms with Crippen molar-refractivity contribution >= 4 is 5.91 Å². The number of amides is 1. The van der Waals surface area contributed by atoms with E-state index >= 15 is 0 Å². The predicted molar refractivity (Wildman–Crippen MR) is 101 cm³/mol. The maximum atomic E-state index is 13.0. The second-order valence-electron chi connectivity index (χ2n) is 7.97. The van der Waals surface area contributed by atoms with Gasteiger partial charge in [0.05, 0.1) is 0 Å². The van der Waals surface area contributed by atoms with Crippen molar-refractivity contribution in [3.8, 4) is 11.3 Å². The molecule has 1 aliphatic heterocycles. The van der Waals surface area contributed by atoms with Crippen molar-refractivity contribution < 1.29 is 9.21 Å². The van der Waals surface area contributed by atoms with Gasteiger partial charge in [0.1, 0.15) is 11.5 Å². The molecule has 0 atom stereocenters. The molecule has 0 bridgehead atoms. The van der Waals surface area contributed by atoms with Gasteiger partial charge in [-0.2, -0.15) is 0 Å². The molecule has 0 aliphatic carbocycles. The molecule has 4 nitrogen and oxygen atoms in total. The van der Waals surface area contributed by atoms with Crippen LogP contribution in [-0.2, 0) is 0 Å². The number of carbonyl (C=O) groups is 1. The smallest absolute Gasteiger partial charge is 0.253 e. The summed E-state index contributed by atoms with van der Waals surface area (Å²) in [5.41, 5.74) is 1.84. The summed E-state index contributed by atoms with van der Waals surface area (Å²) in [7, 11) is 2.16. The topological polar surface area (TPSA) is 36.7 Å². The van der Waals surface area contributed by atoms with Gasteiger partial charge < -0.3 is 14.2 Å². The minimum Gasteiger partial charge on any atom is -0.461 e. The molecule has 1 aromatic carbocycles. The number of hydrogen-bond donors (Lipinski definition) is 0. The molecule has 0 spiro atoms. The third-order valence-corrected chi connectivity index (χ3v) is 4.73. The minimum atomic E-state index is 0.0937. The first-order valence-corrected chi connectivity index (χ1v) is 8.99. The quantitative estimate of drug-likeness (QED) is 0.827. The molecule has 25 heavy (non-hydrogen) atoms. The number of nitrogens with zero attached hydrogens (tertiary/aromatic N) is 2. The highest BCUT2D eigenvalue weighted by Crippen LogP contribution is 2.25. The Morgan fingerprint density at radius 2 is 1.76 bits per heavy atom. The molecule has 1 saturated heterocycles. The molecular formula is C21H28N2O2. The van der Waals surface area contributed by atoms with E-state index in [1.165, 1.54) is 0 Å².